The minimum atomic E-state index is -0.835. The number of carbonyl (C=O) groups excluding carboxylic acids is 1. The van der Waals surface area contributed by atoms with Crippen LogP contribution in [0.15, 0.2) is 17.5 Å². The average molecular weight is 312 g/mol. The number of rotatable bonds is 9. The zero-order chi connectivity index (χ0) is 15.8. The van der Waals surface area contributed by atoms with Crippen LogP contribution in [0.5, 0.6) is 0 Å². The Morgan fingerprint density at radius 3 is 2.67 bits per heavy atom. The Kier molecular flexibility index (Phi) is 7.39. The predicted molar refractivity (Wildman–Crippen MR) is 84.2 cm³/mol. The van der Waals surface area contributed by atoms with Crippen LogP contribution in [0.3, 0.4) is 0 Å². The summed E-state index contributed by atoms with van der Waals surface area (Å²) in [6, 6.07) is 3.29. The second-order valence-electron chi connectivity index (χ2n) is 5.73. The summed E-state index contributed by atoms with van der Waals surface area (Å²) in [6.45, 7) is 4.44. The molecule has 2 atom stereocenters. The van der Waals surface area contributed by atoms with Crippen LogP contribution in [0.4, 0.5) is 0 Å². The van der Waals surface area contributed by atoms with Crippen molar-refractivity contribution in [1.82, 2.24) is 5.32 Å². The molecule has 5 nitrogen and oxygen atoms in total. The van der Waals surface area contributed by atoms with Crippen molar-refractivity contribution in [3.8, 4) is 0 Å². The van der Waals surface area contributed by atoms with Gasteiger partial charge in [0.05, 0.1) is 6.04 Å². The Bertz CT molecular complexity index is 446. The summed E-state index contributed by atoms with van der Waals surface area (Å²) in [5.74, 6) is -0.716. The summed E-state index contributed by atoms with van der Waals surface area (Å²) < 4.78 is 0. The van der Waals surface area contributed by atoms with Crippen molar-refractivity contribution < 1.29 is 14.7 Å². The summed E-state index contributed by atoms with van der Waals surface area (Å²) in [7, 11) is 0. The summed E-state index contributed by atoms with van der Waals surface area (Å²) >= 11 is 1.57. The lowest BCUT2D eigenvalue weighted by Crippen LogP contribution is -2.43. The molecule has 0 bridgehead atoms. The van der Waals surface area contributed by atoms with E-state index >= 15 is 0 Å². The van der Waals surface area contributed by atoms with E-state index in [4.69, 9.17) is 10.8 Å². The van der Waals surface area contributed by atoms with Crippen molar-refractivity contribution in [2.75, 3.05) is 6.54 Å². The third kappa shape index (κ3) is 7.24. The van der Waals surface area contributed by atoms with Crippen molar-refractivity contribution in [3.05, 3.63) is 22.4 Å². The number of aliphatic carboxylic acids is 1. The molecular weight excluding hydrogens is 288 g/mol. The van der Waals surface area contributed by atoms with Gasteiger partial charge in [0.1, 0.15) is 0 Å². The van der Waals surface area contributed by atoms with Crippen LogP contribution in [-0.4, -0.2) is 29.6 Å². The van der Waals surface area contributed by atoms with E-state index in [2.05, 4.69) is 5.32 Å². The van der Waals surface area contributed by atoms with Crippen molar-refractivity contribution in [2.24, 2.45) is 17.6 Å². The molecule has 0 radical (unpaired) electrons. The lowest BCUT2D eigenvalue weighted by Gasteiger charge is -2.19. The van der Waals surface area contributed by atoms with Crippen LogP contribution >= 0.6 is 11.3 Å². The highest BCUT2D eigenvalue weighted by Crippen LogP contribution is 2.15. The molecule has 0 aliphatic carbocycles. The molecule has 0 aromatic carbocycles. The van der Waals surface area contributed by atoms with Gasteiger partial charge in [-0.3, -0.25) is 9.59 Å². The Morgan fingerprint density at radius 1 is 1.43 bits per heavy atom. The van der Waals surface area contributed by atoms with E-state index in [1.165, 1.54) is 0 Å². The Hall–Kier alpha value is -1.40. The van der Waals surface area contributed by atoms with Gasteiger partial charge >= 0.3 is 5.97 Å². The Morgan fingerprint density at radius 2 is 2.14 bits per heavy atom. The lowest BCUT2D eigenvalue weighted by atomic mass is 9.94. The summed E-state index contributed by atoms with van der Waals surface area (Å²) in [4.78, 5) is 23.9. The molecule has 118 valence electrons. The van der Waals surface area contributed by atoms with Gasteiger partial charge in [-0.1, -0.05) is 19.9 Å². The number of nitrogens with one attached hydrogen (secondary N) is 1. The molecule has 4 N–H and O–H groups in total. The standard InChI is InChI=1S/C15H24N2O3S/c1-10(2)6-11(7-14(18)19)9-17-15(20)13(16)8-12-4-3-5-21-12/h3-5,10-11,13H,6-9,16H2,1-2H3,(H,17,20)(H,18,19)/t11-,13?/m0/s1. The zero-order valence-corrected chi connectivity index (χ0v) is 13.4. The molecule has 0 spiro atoms. The van der Waals surface area contributed by atoms with Gasteiger partial charge in [0.2, 0.25) is 5.91 Å². The fraction of sp³-hybridized carbons (Fsp3) is 0.600. The van der Waals surface area contributed by atoms with E-state index in [0.717, 1.165) is 11.3 Å². The van der Waals surface area contributed by atoms with Gasteiger partial charge in [0.25, 0.3) is 0 Å². The molecule has 0 saturated heterocycles. The van der Waals surface area contributed by atoms with Gasteiger partial charge in [0, 0.05) is 24.3 Å². The number of carboxylic acid groups (broad SMARTS) is 1. The largest absolute Gasteiger partial charge is 0.481 e. The van der Waals surface area contributed by atoms with E-state index in [1.807, 2.05) is 31.4 Å². The molecular formula is C15H24N2O3S. The van der Waals surface area contributed by atoms with Gasteiger partial charge in [-0.2, -0.15) is 0 Å². The quantitative estimate of drug-likeness (QED) is 0.649. The fourth-order valence-corrected chi connectivity index (χ4v) is 3.03. The first kappa shape index (κ1) is 17.7. The summed E-state index contributed by atoms with van der Waals surface area (Å²) in [5, 5.41) is 13.6. The number of hydrogen-bond acceptors (Lipinski definition) is 4. The molecule has 1 aromatic heterocycles. The Balaban J connectivity index is 2.42. The minimum absolute atomic E-state index is 0.0552. The second kappa shape index (κ2) is 8.79. The summed E-state index contributed by atoms with van der Waals surface area (Å²) in [6.07, 6.45) is 1.35. The molecule has 0 aliphatic rings. The fourth-order valence-electron chi connectivity index (χ4n) is 2.27. The second-order valence-corrected chi connectivity index (χ2v) is 6.76. The van der Waals surface area contributed by atoms with Crippen LogP contribution in [0.2, 0.25) is 0 Å². The number of amides is 1. The molecule has 0 aliphatic heterocycles. The molecule has 21 heavy (non-hydrogen) atoms. The highest BCUT2D eigenvalue weighted by Gasteiger charge is 2.19. The number of carboxylic acids is 1. The first-order chi connectivity index (χ1) is 9.88. The Labute approximate surface area is 129 Å². The van der Waals surface area contributed by atoms with E-state index in [9.17, 15) is 9.59 Å². The number of carbonyl (C=O) groups is 2. The van der Waals surface area contributed by atoms with Crippen LogP contribution in [0.25, 0.3) is 0 Å². The molecule has 1 unspecified atom stereocenters. The van der Waals surface area contributed by atoms with Gasteiger partial charge in [0.15, 0.2) is 0 Å². The van der Waals surface area contributed by atoms with Crippen molar-refractivity contribution in [3.63, 3.8) is 0 Å². The maximum Gasteiger partial charge on any atom is 0.303 e. The predicted octanol–water partition coefficient (Wildman–Crippen LogP) is 1.87. The van der Waals surface area contributed by atoms with E-state index in [1.54, 1.807) is 11.3 Å². The summed E-state index contributed by atoms with van der Waals surface area (Å²) in [5.41, 5.74) is 5.88. The molecule has 6 heteroatoms. The average Bonchev–Trinajstić information content (AvgIpc) is 2.86. The zero-order valence-electron chi connectivity index (χ0n) is 12.5. The lowest BCUT2D eigenvalue weighted by molar-refractivity contribution is -0.138. The first-order valence-corrected chi connectivity index (χ1v) is 8.04. The molecule has 1 heterocycles. The third-order valence-corrected chi connectivity index (χ3v) is 4.07. The molecule has 0 saturated carbocycles. The van der Waals surface area contributed by atoms with Gasteiger partial charge < -0.3 is 16.2 Å². The maximum atomic E-state index is 12.0. The van der Waals surface area contributed by atoms with E-state index in [-0.39, 0.29) is 18.2 Å². The number of hydrogen-bond donors (Lipinski definition) is 3. The number of thiophene rings is 1. The normalized spacial score (nSPS) is 13.9. The molecule has 1 amide bonds. The van der Waals surface area contributed by atoms with Crippen LogP contribution in [0, 0.1) is 11.8 Å². The van der Waals surface area contributed by atoms with Crippen molar-refractivity contribution in [1.29, 1.82) is 0 Å². The highest BCUT2D eigenvalue weighted by molar-refractivity contribution is 7.09. The maximum absolute atomic E-state index is 12.0. The minimum Gasteiger partial charge on any atom is -0.481 e. The molecule has 1 rings (SSSR count). The van der Waals surface area contributed by atoms with Gasteiger partial charge in [-0.15, -0.1) is 11.3 Å². The van der Waals surface area contributed by atoms with Crippen LogP contribution in [0.1, 0.15) is 31.6 Å². The van der Waals surface area contributed by atoms with Gasteiger partial charge in [-0.25, -0.2) is 0 Å². The first-order valence-electron chi connectivity index (χ1n) is 7.16. The highest BCUT2D eigenvalue weighted by atomic mass is 32.1. The van der Waals surface area contributed by atoms with Gasteiger partial charge in [-0.05, 0) is 29.7 Å². The SMILES string of the molecule is CC(C)C[C@H](CNC(=O)C(N)Cc1cccs1)CC(=O)O. The van der Waals surface area contributed by atoms with E-state index in [0.29, 0.717) is 18.9 Å². The van der Waals surface area contributed by atoms with Crippen molar-refractivity contribution in [2.45, 2.75) is 39.2 Å². The monoisotopic (exact) mass is 312 g/mol. The third-order valence-electron chi connectivity index (χ3n) is 3.17. The molecule has 0 fully saturated rings. The topological polar surface area (TPSA) is 92.4 Å². The van der Waals surface area contributed by atoms with Crippen molar-refractivity contribution >= 4 is 23.2 Å². The number of nitrogens with two attached hydrogens (primary N) is 1. The van der Waals surface area contributed by atoms with Crippen LogP contribution < -0.4 is 11.1 Å². The smallest absolute Gasteiger partial charge is 0.303 e. The van der Waals surface area contributed by atoms with E-state index < -0.39 is 12.0 Å². The van der Waals surface area contributed by atoms with Crippen LogP contribution in [-0.2, 0) is 16.0 Å². The molecule has 1 aromatic rings.